The SMILES string of the molecule is O=[N+]([O-])c1ccc(Cl)c([C@H](O)C(F)(F)F)c1. The van der Waals surface area contributed by atoms with Gasteiger partial charge in [0.05, 0.1) is 4.92 Å². The first kappa shape index (κ1) is 12.7. The summed E-state index contributed by atoms with van der Waals surface area (Å²) < 4.78 is 36.5. The van der Waals surface area contributed by atoms with Crippen molar-refractivity contribution in [2.45, 2.75) is 12.3 Å². The lowest BCUT2D eigenvalue weighted by atomic mass is 10.1. The third kappa shape index (κ3) is 2.61. The minimum Gasteiger partial charge on any atom is -0.379 e. The van der Waals surface area contributed by atoms with Gasteiger partial charge in [0.1, 0.15) is 0 Å². The van der Waals surface area contributed by atoms with E-state index in [1.54, 1.807) is 0 Å². The van der Waals surface area contributed by atoms with Crippen molar-refractivity contribution in [3.8, 4) is 0 Å². The average Bonchev–Trinajstić information content (AvgIpc) is 2.15. The molecule has 0 unspecified atom stereocenters. The van der Waals surface area contributed by atoms with Crippen LogP contribution in [0.15, 0.2) is 18.2 Å². The normalized spacial score (nSPS) is 13.6. The highest BCUT2D eigenvalue weighted by Gasteiger charge is 2.41. The molecule has 0 amide bonds. The molecule has 0 saturated carbocycles. The Labute approximate surface area is 92.4 Å². The number of non-ortho nitro benzene ring substituents is 1. The van der Waals surface area contributed by atoms with E-state index < -0.39 is 28.5 Å². The molecule has 1 atom stereocenters. The topological polar surface area (TPSA) is 63.4 Å². The lowest BCUT2D eigenvalue weighted by molar-refractivity contribution is -0.385. The van der Waals surface area contributed by atoms with Gasteiger partial charge < -0.3 is 5.11 Å². The van der Waals surface area contributed by atoms with Gasteiger partial charge in [0.15, 0.2) is 6.10 Å². The Balaban J connectivity index is 3.22. The molecule has 1 aromatic rings. The number of nitro benzene ring substituents is 1. The van der Waals surface area contributed by atoms with Crippen molar-refractivity contribution in [3.05, 3.63) is 38.9 Å². The number of benzene rings is 1. The molecular weight excluding hydrogens is 251 g/mol. The highest BCUT2D eigenvalue weighted by molar-refractivity contribution is 6.31. The zero-order chi connectivity index (χ0) is 12.5. The number of nitro groups is 1. The van der Waals surface area contributed by atoms with Crippen molar-refractivity contribution >= 4 is 17.3 Å². The molecule has 4 nitrogen and oxygen atoms in total. The maximum Gasteiger partial charge on any atom is 0.418 e. The van der Waals surface area contributed by atoms with E-state index in [2.05, 4.69) is 0 Å². The zero-order valence-electron chi connectivity index (χ0n) is 7.53. The standard InChI is InChI=1S/C8H5ClF3NO3/c9-6-2-1-4(13(15)16)3-5(6)7(14)8(10,11)12/h1-3,7,14H/t7-/m0/s1. The highest BCUT2D eigenvalue weighted by atomic mass is 35.5. The van der Waals surface area contributed by atoms with Crippen molar-refractivity contribution in [3.63, 3.8) is 0 Å². The number of aliphatic hydroxyl groups is 1. The Kier molecular flexibility index (Phi) is 3.39. The predicted molar refractivity (Wildman–Crippen MR) is 49.1 cm³/mol. The van der Waals surface area contributed by atoms with Gasteiger partial charge in [0.25, 0.3) is 5.69 Å². The molecule has 0 aromatic heterocycles. The molecule has 1 aromatic carbocycles. The molecule has 0 spiro atoms. The van der Waals surface area contributed by atoms with Gasteiger partial charge in [-0.05, 0) is 6.07 Å². The molecule has 1 rings (SSSR count). The number of hydrogen-bond acceptors (Lipinski definition) is 3. The Morgan fingerprint density at radius 2 is 2.00 bits per heavy atom. The quantitative estimate of drug-likeness (QED) is 0.653. The van der Waals surface area contributed by atoms with Crippen molar-refractivity contribution in [1.82, 2.24) is 0 Å². The van der Waals surface area contributed by atoms with E-state index in [0.29, 0.717) is 6.07 Å². The number of halogens is 4. The van der Waals surface area contributed by atoms with Crippen LogP contribution < -0.4 is 0 Å². The molecule has 0 aliphatic carbocycles. The third-order valence-electron chi connectivity index (χ3n) is 1.80. The van der Waals surface area contributed by atoms with E-state index in [-0.39, 0.29) is 5.02 Å². The monoisotopic (exact) mass is 255 g/mol. The molecule has 0 fully saturated rings. The van der Waals surface area contributed by atoms with Crippen LogP contribution >= 0.6 is 11.6 Å². The molecule has 88 valence electrons. The van der Waals surface area contributed by atoms with Gasteiger partial charge in [0, 0.05) is 22.7 Å². The number of nitrogens with zero attached hydrogens (tertiary/aromatic N) is 1. The second-order valence-electron chi connectivity index (χ2n) is 2.91. The first-order valence-electron chi connectivity index (χ1n) is 3.92. The molecule has 8 heteroatoms. The largest absolute Gasteiger partial charge is 0.418 e. The van der Waals surface area contributed by atoms with Gasteiger partial charge in [-0.2, -0.15) is 13.2 Å². The van der Waals surface area contributed by atoms with E-state index >= 15 is 0 Å². The number of alkyl halides is 3. The minimum absolute atomic E-state index is 0.379. The predicted octanol–water partition coefficient (Wildman–Crippen LogP) is 2.84. The minimum atomic E-state index is -4.92. The second kappa shape index (κ2) is 4.26. The van der Waals surface area contributed by atoms with E-state index in [4.69, 9.17) is 16.7 Å². The van der Waals surface area contributed by atoms with Crippen molar-refractivity contribution in [2.24, 2.45) is 0 Å². The lowest BCUT2D eigenvalue weighted by Crippen LogP contribution is -2.20. The summed E-state index contributed by atoms with van der Waals surface area (Å²) >= 11 is 5.42. The van der Waals surface area contributed by atoms with Crippen molar-refractivity contribution in [2.75, 3.05) is 0 Å². The van der Waals surface area contributed by atoms with Gasteiger partial charge in [-0.3, -0.25) is 10.1 Å². The maximum atomic E-state index is 12.2. The van der Waals surface area contributed by atoms with Crippen LogP contribution in [-0.4, -0.2) is 16.2 Å². The van der Waals surface area contributed by atoms with Crippen LogP contribution in [0.2, 0.25) is 5.02 Å². The Morgan fingerprint density at radius 1 is 1.44 bits per heavy atom. The fourth-order valence-electron chi connectivity index (χ4n) is 1.03. The van der Waals surface area contributed by atoms with Crippen LogP contribution in [0.4, 0.5) is 18.9 Å². The Hall–Kier alpha value is -1.34. The summed E-state index contributed by atoms with van der Waals surface area (Å²) in [5, 5.41) is 18.9. The summed E-state index contributed by atoms with van der Waals surface area (Å²) in [4.78, 5) is 9.46. The number of aliphatic hydroxyl groups excluding tert-OH is 1. The molecular formula is C8H5ClF3NO3. The van der Waals surface area contributed by atoms with Gasteiger partial charge in [-0.1, -0.05) is 11.6 Å². The maximum absolute atomic E-state index is 12.2. The van der Waals surface area contributed by atoms with E-state index in [0.717, 1.165) is 12.1 Å². The fraction of sp³-hybridized carbons (Fsp3) is 0.250. The number of rotatable bonds is 2. The Bertz CT molecular complexity index is 421. The molecule has 1 N–H and O–H groups in total. The van der Waals surface area contributed by atoms with E-state index in [1.807, 2.05) is 0 Å². The van der Waals surface area contributed by atoms with Crippen LogP contribution in [0.3, 0.4) is 0 Å². The van der Waals surface area contributed by atoms with Gasteiger partial charge >= 0.3 is 6.18 Å². The first-order valence-corrected chi connectivity index (χ1v) is 4.30. The molecule has 0 aliphatic rings. The Morgan fingerprint density at radius 3 is 2.44 bits per heavy atom. The van der Waals surface area contributed by atoms with Crippen LogP contribution in [0, 0.1) is 10.1 Å². The highest BCUT2D eigenvalue weighted by Crippen LogP contribution is 2.37. The van der Waals surface area contributed by atoms with Crippen LogP contribution in [0.25, 0.3) is 0 Å². The molecule has 0 aliphatic heterocycles. The van der Waals surface area contributed by atoms with Gasteiger partial charge in [-0.25, -0.2) is 0 Å². The van der Waals surface area contributed by atoms with Crippen molar-refractivity contribution in [1.29, 1.82) is 0 Å². The summed E-state index contributed by atoms with van der Waals surface area (Å²) in [5.74, 6) is 0. The second-order valence-corrected chi connectivity index (χ2v) is 3.31. The van der Waals surface area contributed by atoms with Crippen LogP contribution in [-0.2, 0) is 0 Å². The summed E-state index contributed by atoms with van der Waals surface area (Å²) in [6, 6.07) is 2.49. The molecule has 16 heavy (non-hydrogen) atoms. The summed E-state index contributed by atoms with van der Waals surface area (Å²) in [7, 11) is 0. The van der Waals surface area contributed by atoms with E-state index in [1.165, 1.54) is 0 Å². The van der Waals surface area contributed by atoms with Gasteiger partial charge in [-0.15, -0.1) is 0 Å². The summed E-state index contributed by atoms with van der Waals surface area (Å²) in [6.07, 6.45) is -7.75. The zero-order valence-corrected chi connectivity index (χ0v) is 8.29. The van der Waals surface area contributed by atoms with Gasteiger partial charge in [0.2, 0.25) is 0 Å². The smallest absolute Gasteiger partial charge is 0.379 e. The fourth-order valence-corrected chi connectivity index (χ4v) is 1.25. The third-order valence-corrected chi connectivity index (χ3v) is 2.14. The molecule has 0 heterocycles. The lowest BCUT2D eigenvalue weighted by Gasteiger charge is -2.15. The number of hydrogen-bond donors (Lipinski definition) is 1. The van der Waals surface area contributed by atoms with Crippen LogP contribution in [0.1, 0.15) is 11.7 Å². The van der Waals surface area contributed by atoms with Crippen LogP contribution in [0.5, 0.6) is 0 Å². The average molecular weight is 256 g/mol. The molecule has 0 saturated heterocycles. The molecule has 0 bridgehead atoms. The molecule has 0 radical (unpaired) electrons. The summed E-state index contributed by atoms with van der Waals surface area (Å²) in [6.45, 7) is 0. The van der Waals surface area contributed by atoms with E-state index in [9.17, 15) is 23.3 Å². The first-order chi connectivity index (χ1) is 7.23. The van der Waals surface area contributed by atoms with Crippen molar-refractivity contribution < 1.29 is 23.2 Å². The summed E-state index contributed by atoms with van der Waals surface area (Å²) in [5.41, 5.74) is -1.30.